The van der Waals surface area contributed by atoms with Crippen LogP contribution in [0.1, 0.15) is 44.6 Å². The predicted molar refractivity (Wildman–Crippen MR) is 73.5 cm³/mol. The summed E-state index contributed by atoms with van der Waals surface area (Å²) in [5.41, 5.74) is 1.30. The zero-order chi connectivity index (χ0) is 12.7. The molecule has 0 atom stereocenters. The number of benzene rings is 1. The van der Waals surface area contributed by atoms with Crippen LogP contribution >= 0.6 is 0 Å². The summed E-state index contributed by atoms with van der Waals surface area (Å²) in [4.78, 5) is 0. The second-order valence-corrected chi connectivity index (χ2v) is 5.08. The summed E-state index contributed by atoms with van der Waals surface area (Å²) in [6.07, 6.45) is 6.44. The van der Waals surface area contributed by atoms with Crippen LogP contribution in [0.4, 0.5) is 0 Å². The topological polar surface area (TPSA) is 18.5 Å². The van der Waals surface area contributed by atoms with Crippen molar-refractivity contribution in [2.45, 2.75) is 51.2 Å². The van der Waals surface area contributed by atoms with Gasteiger partial charge in [0.15, 0.2) is 5.79 Å². The average molecular weight is 248 g/mol. The maximum atomic E-state index is 6.07. The first-order valence-electron chi connectivity index (χ1n) is 7.16. The van der Waals surface area contributed by atoms with Crippen molar-refractivity contribution >= 4 is 0 Å². The van der Waals surface area contributed by atoms with Crippen LogP contribution in [0.5, 0.6) is 0 Å². The highest BCUT2D eigenvalue weighted by molar-refractivity contribution is 5.16. The van der Waals surface area contributed by atoms with Gasteiger partial charge in [0.1, 0.15) is 0 Å². The Hall–Kier alpha value is -0.860. The van der Waals surface area contributed by atoms with Gasteiger partial charge >= 0.3 is 0 Å². The molecule has 0 amide bonds. The number of unbranched alkanes of at least 4 members (excludes halogenated alkanes) is 1. The second-order valence-electron chi connectivity index (χ2n) is 5.08. The largest absolute Gasteiger partial charge is 0.350 e. The summed E-state index contributed by atoms with van der Waals surface area (Å²) < 4.78 is 12.1. The van der Waals surface area contributed by atoms with Gasteiger partial charge in [0.25, 0.3) is 0 Å². The summed E-state index contributed by atoms with van der Waals surface area (Å²) in [6.45, 7) is 3.88. The summed E-state index contributed by atoms with van der Waals surface area (Å²) in [5.74, 6) is -0.381. The van der Waals surface area contributed by atoms with Gasteiger partial charge in [0.2, 0.25) is 0 Å². The van der Waals surface area contributed by atoms with E-state index in [1.165, 1.54) is 12.0 Å². The van der Waals surface area contributed by atoms with Crippen LogP contribution < -0.4 is 0 Å². The molecule has 1 heterocycles. The van der Waals surface area contributed by atoms with Crippen molar-refractivity contribution in [3.63, 3.8) is 0 Å². The van der Waals surface area contributed by atoms with E-state index < -0.39 is 0 Å². The molecule has 0 spiro atoms. The zero-order valence-corrected chi connectivity index (χ0v) is 11.4. The van der Waals surface area contributed by atoms with Gasteiger partial charge in [0.05, 0.1) is 13.2 Å². The van der Waals surface area contributed by atoms with Gasteiger partial charge in [-0.1, -0.05) is 43.7 Å². The van der Waals surface area contributed by atoms with Crippen LogP contribution in [0.15, 0.2) is 30.3 Å². The van der Waals surface area contributed by atoms with E-state index in [4.69, 9.17) is 9.47 Å². The van der Waals surface area contributed by atoms with Crippen molar-refractivity contribution < 1.29 is 9.47 Å². The third-order valence-electron chi connectivity index (χ3n) is 3.50. The molecule has 1 aliphatic rings. The molecule has 1 fully saturated rings. The molecule has 0 aliphatic carbocycles. The maximum Gasteiger partial charge on any atom is 0.172 e. The molecule has 0 N–H and O–H groups in total. The Morgan fingerprint density at radius 2 is 1.72 bits per heavy atom. The molecule has 0 unspecified atom stereocenters. The zero-order valence-electron chi connectivity index (χ0n) is 11.4. The average Bonchev–Trinajstić information content (AvgIpc) is 2.64. The SMILES string of the molecule is CCCCC1(Cc2ccccc2)OCCCCO1. The molecule has 2 rings (SSSR count). The van der Waals surface area contributed by atoms with Crippen LogP contribution in [0, 0.1) is 0 Å². The molecule has 1 aliphatic heterocycles. The molecule has 0 bridgehead atoms. The highest BCUT2D eigenvalue weighted by Gasteiger charge is 2.33. The van der Waals surface area contributed by atoms with E-state index in [2.05, 4.69) is 37.3 Å². The lowest BCUT2D eigenvalue weighted by atomic mass is 9.99. The van der Waals surface area contributed by atoms with Gasteiger partial charge in [0, 0.05) is 12.8 Å². The minimum Gasteiger partial charge on any atom is -0.350 e. The Balaban J connectivity index is 2.07. The maximum absolute atomic E-state index is 6.07. The van der Waals surface area contributed by atoms with Crippen LogP contribution in [0.2, 0.25) is 0 Å². The standard InChI is InChI=1S/C16H24O2/c1-2-3-11-16(17-12-7-8-13-18-16)14-15-9-5-4-6-10-15/h4-6,9-10H,2-3,7-8,11-14H2,1H3. The Morgan fingerprint density at radius 3 is 2.33 bits per heavy atom. The van der Waals surface area contributed by atoms with Gasteiger partial charge in [-0.05, 0) is 24.8 Å². The third-order valence-corrected chi connectivity index (χ3v) is 3.50. The summed E-state index contributed by atoms with van der Waals surface area (Å²) >= 11 is 0. The van der Waals surface area contributed by atoms with Crippen LogP contribution in [-0.4, -0.2) is 19.0 Å². The molecule has 2 heteroatoms. The fourth-order valence-corrected chi connectivity index (χ4v) is 2.45. The van der Waals surface area contributed by atoms with E-state index in [-0.39, 0.29) is 5.79 Å². The Morgan fingerprint density at radius 1 is 1.06 bits per heavy atom. The normalized spacial score (nSPS) is 19.4. The van der Waals surface area contributed by atoms with E-state index in [0.717, 1.165) is 45.3 Å². The van der Waals surface area contributed by atoms with Crippen molar-refractivity contribution in [2.75, 3.05) is 13.2 Å². The molecule has 2 nitrogen and oxygen atoms in total. The molecule has 0 aromatic heterocycles. The number of hydrogen-bond donors (Lipinski definition) is 0. The van der Waals surface area contributed by atoms with Crippen LogP contribution in [0.3, 0.4) is 0 Å². The molecule has 1 aromatic carbocycles. The van der Waals surface area contributed by atoms with Gasteiger partial charge in [-0.3, -0.25) is 0 Å². The van der Waals surface area contributed by atoms with Crippen molar-refractivity contribution in [3.8, 4) is 0 Å². The van der Waals surface area contributed by atoms with Crippen molar-refractivity contribution in [1.82, 2.24) is 0 Å². The van der Waals surface area contributed by atoms with E-state index >= 15 is 0 Å². The molecule has 100 valence electrons. The lowest BCUT2D eigenvalue weighted by Crippen LogP contribution is -2.38. The number of ether oxygens (including phenoxy) is 2. The summed E-state index contributed by atoms with van der Waals surface area (Å²) in [5, 5.41) is 0. The van der Waals surface area contributed by atoms with Gasteiger partial charge in [-0.15, -0.1) is 0 Å². The monoisotopic (exact) mass is 248 g/mol. The smallest absolute Gasteiger partial charge is 0.172 e. The molecule has 1 aromatic rings. The van der Waals surface area contributed by atoms with Crippen molar-refractivity contribution in [3.05, 3.63) is 35.9 Å². The van der Waals surface area contributed by atoms with Crippen LogP contribution in [-0.2, 0) is 15.9 Å². The van der Waals surface area contributed by atoms with E-state index in [1.54, 1.807) is 0 Å². The lowest BCUT2D eigenvalue weighted by molar-refractivity contribution is -0.229. The second kappa shape index (κ2) is 6.91. The number of rotatable bonds is 5. The van der Waals surface area contributed by atoms with Gasteiger partial charge in [-0.2, -0.15) is 0 Å². The molecule has 0 radical (unpaired) electrons. The first kappa shape index (κ1) is 13.6. The number of hydrogen-bond acceptors (Lipinski definition) is 2. The van der Waals surface area contributed by atoms with E-state index in [1.807, 2.05) is 0 Å². The highest BCUT2D eigenvalue weighted by atomic mass is 16.7. The minimum absolute atomic E-state index is 0.381. The first-order valence-corrected chi connectivity index (χ1v) is 7.16. The molecular weight excluding hydrogens is 224 g/mol. The van der Waals surface area contributed by atoms with Gasteiger partial charge < -0.3 is 9.47 Å². The van der Waals surface area contributed by atoms with Crippen LogP contribution in [0.25, 0.3) is 0 Å². The molecule has 18 heavy (non-hydrogen) atoms. The summed E-state index contributed by atoms with van der Waals surface area (Å²) in [7, 11) is 0. The van der Waals surface area contributed by atoms with Crippen molar-refractivity contribution in [2.24, 2.45) is 0 Å². The third kappa shape index (κ3) is 3.82. The summed E-state index contributed by atoms with van der Waals surface area (Å²) in [6, 6.07) is 10.5. The quantitative estimate of drug-likeness (QED) is 0.785. The predicted octanol–water partition coefficient (Wildman–Crippen LogP) is 3.94. The first-order chi connectivity index (χ1) is 8.85. The Labute approximate surface area is 110 Å². The van der Waals surface area contributed by atoms with Gasteiger partial charge in [-0.25, -0.2) is 0 Å². The molecular formula is C16H24O2. The van der Waals surface area contributed by atoms with Crippen molar-refractivity contribution in [1.29, 1.82) is 0 Å². The fourth-order valence-electron chi connectivity index (χ4n) is 2.45. The molecule has 1 saturated heterocycles. The van der Waals surface area contributed by atoms with E-state index in [0.29, 0.717) is 0 Å². The Bertz CT molecular complexity index is 326. The van der Waals surface area contributed by atoms with E-state index in [9.17, 15) is 0 Å². The highest BCUT2D eigenvalue weighted by Crippen LogP contribution is 2.28. The fraction of sp³-hybridized carbons (Fsp3) is 0.625. The lowest BCUT2D eigenvalue weighted by Gasteiger charge is -2.32. The minimum atomic E-state index is -0.381. The Kier molecular flexibility index (Phi) is 5.21. The molecule has 0 saturated carbocycles.